The van der Waals surface area contributed by atoms with Gasteiger partial charge < -0.3 is 10.1 Å². The molecule has 1 aliphatic rings. The molecule has 0 radical (unpaired) electrons. The van der Waals surface area contributed by atoms with Crippen molar-refractivity contribution in [3.8, 4) is 5.75 Å². The van der Waals surface area contributed by atoms with Crippen molar-refractivity contribution in [1.29, 1.82) is 0 Å². The van der Waals surface area contributed by atoms with Gasteiger partial charge in [0.2, 0.25) is 12.0 Å². The SMILES string of the molecule is O=C(CCCN1C(=O)[C@H](c2ccccc2)Oc2cccnc21)NCc1cccs1. The molecule has 0 saturated carbocycles. The zero-order chi connectivity index (χ0) is 20.1. The number of fused-ring (bicyclic) bond motifs is 1. The largest absolute Gasteiger partial charge is 0.472 e. The van der Waals surface area contributed by atoms with Crippen LogP contribution < -0.4 is 15.0 Å². The van der Waals surface area contributed by atoms with Gasteiger partial charge in [-0.1, -0.05) is 36.4 Å². The zero-order valence-corrected chi connectivity index (χ0v) is 16.6. The van der Waals surface area contributed by atoms with E-state index in [1.54, 1.807) is 28.5 Å². The van der Waals surface area contributed by atoms with Gasteiger partial charge in [0.05, 0.1) is 6.54 Å². The molecule has 1 aromatic carbocycles. The van der Waals surface area contributed by atoms with Gasteiger partial charge in [-0.3, -0.25) is 14.5 Å². The number of hydrogen-bond acceptors (Lipinski definition) is 5. The highest BCUT2D eigenvalue weighted by atomic mass is 32.1. The lowest BCUT2D eigenvalue weighted by Crippen LogP contribution is -2.42. The minimum Gasteiger partial charge on any atom is -0.472 e. The first-order chi connectivity index (χ1) is 14.2. The molecular formula is C22H21N3O3S. The van der Waals surface area contributed by atoms with Crippen LogP contribution in [0, 0.1) is 0 Å². The number of benzene rings is 1. The fourth-order valence-electron chi connectivity index (χ4n) is 3.24. The third kappa shape index (κ3) is 4.46. The van der Waals surface area contributed by atoms with E-state index in [0.717, 1.165) is 10.4 Å². The molecule has 0 aliphatic carbocycles. The molecule has 29 heavy (non-hydrogen) atoms. The first-order valence-corrected chi connectivity index (χ1v) is 10.4. The van der Waals surface area contributed by atoms with Crippen molar-refractivity contribution in [1.82, 2.24) is 10.3 Å². The molecule has 3 heterocycles. The van der Waals surface area contributed by atoms with Crippen molar-refractivity contribution in [2.75, 3.05) is 11.4 Å². The standard InChI is InChI=1S/C22H21N3O3S/c26-19(24-15-17-9-6-14-29-17)11-5-13-25-21-18(10-4-12-23-21)28-20(22(25)27)16-7-2-1-3-8-16/h1-4,6-10,12,14,20H,5,11,13,15H2,(H,24,26)/t20-/m0/s1. The van der Waals surface area contributed by atoms with E-state index in [9.17, 15) is 9.59 Å². The molecule has 7 heteroatoms. The molecule has 3 aromatic rings. The maximum absolute atomic E-state index is 13.1. The maximum atomic E-state index is 13.1. The van der Waals surface area contributed by atoms with Gasteiger partial charge in [0.25, 0.3) is 5.91 Å². The Hall–Kier alpha value is -3.19. The summed E-state index contributed by atoms with van der Waals surface area (Å²) in [5.41, 5.74) is 0.797. The van der Waals surface area contributed by atoms with Crippen LogP contribution in [0.15, 0.2) is 66.2 Å². The van der Waals surface area contributed by atoms with Gasteiger partial charge in [-0.2, -0.15) is 0 Å². The lowest BCUT2D eigenvalue weighted by molar-refractivity contribution is -0.127. The Morgan fingerprint density at radius 3 is 2.79 bits per heavy atom. The quantitative estimate of drug-likeness (QED) is 0.648. The van der Waals surface area contributed by atoms with Gasteiger partial charge in [0.1, 0.15) is 0 Å². The molecule has 0 saturated heterocycles. The van der Waals surface area contributed by atoms with Crippen LogP contribution in [0.3, 0.4) is 0 Å². The van der Waals surface area contributed by atoms with Crippen molar-refractivity contribution in [2.45, 2.75) is 25.5 Å². The predicted octanol–water partition coefficient (Wildman–Crippen LogP) is 3.71. The maximum Gasteiger partial charge on any atom is 0.274 e. The summed E-state index contributed by atoms with van der Waals surface area (Å²) in [6.07, 6.45) is 1.81. The molecule has 2 aromatic heterocycles. The Labute approximate surface area is 173 Å². The van der Waals surface area contributed by atoms with E-state index in [4.69, 9.17) is 4.74 Å². The van der Waals surface area contributed by atoms with Crippen molar-refractivity contribution in [3.63, 3.8) is 0 Å². The number of ether oxygens (including phenoxy) is 1. The van der Waals surface area contributed by atoms with Gasteiger partial charge in [-0.25, -0.2) is 4.98 Å². The molecule has 0 unspecified atom stereocenters. The number of thiophene rings is 1. The number of rotatable bonds is 7. The molecule has 1 N–H and O–H groups in total. The van der Waals surface area contributed by atoms with Gasteiger partial charge in [0, 0.05) is 29.6 Å². The first-order valence-electron chi connectivity index (χ1n) is 9.49. The van der Waals surface area contributed by atoms with E-state index in [1.165, 1.54) is 0 Å². The van der Waals surface area contributed by atoms with Crippen LogP contribution in [-0.2, 0) is 16.1 Å². The molecule has 1 aliphatic heterocycles. The summed E-state index contributed by atoms with van der Waals surface area (Å²) in [6, 6.07) is 17.0. The second-order valence-electron chi connectivity index (χ2n) is 6.68. The van der Waals surface area contributed by atoms with Crippen LogP contribution in [0.4, 0.5) is 5.82 Å². The van der Waals surface area contributed by atoms with Crippen LogP contribution >= 0.6 is 11.3 Å². The fraction of sp³-hybridized carbons (Fsp3) is 0.227. The van der Waals surface area contributed by atoms with Crippen LogP contribution in [0.5, 0.6) is 5.75 Å². The minimum atomic E-state index is -0.708. The minimum absolute atomic E-state index is 0.0278. The summed E-state index contributed by atoms with van der Waals surface area (Å²) >= 11 is 1.61. The predicted molar refractivity (Wildman–Crippen MR) is 112 cm³/mol. The average Bonchev–Trinajstić information content (AvgIpc) is 3.28. The van der Waals surface area contributed by atoms with E-state index >= 15 is 0 Å². The Kier molecular flexibility index (Phi) is 5.86. The number of anilines is 1. The first kappa shape index (κ1) is 19.1. The van der Waals surface area contributed by atoms with Crippen LogP contribution in [0.25, 0.3) is 0 Å². The second kappa shape index (κ2) is 8.87. The van der Waals surface area contributed by atoms with E-state index in [-0.39, 0.29) is 11.8 Å². The van der Waals surface area contributed by atoms with Gasteiger partial charge in [-0.05, 0) is 30.0 Å². The van der Waals surface area contributed by atoms with Crippen molar-refractivity contribution in [3.05, 3.63) is 76.6 Å². The molecular weight excluding hydrogens is 386 g/mol. The summed E-state index contributed by atoms with van der Waals surface area (Å²) < 4.78 is 5.94. The Bertz CT molecular complexity index is 976. The number of carbonyl (C=O) groups excluding carboxylic acids is 2. The van der Waals surface area contributed by atoms with E-state index in [1.807, 2.05) is 53.9 Å². The molecule has 0 spiro atoms. The third-order valence-corrected chi connectivity index (χ3v) is 5.55. The topological polar surface area (TPSA) is 71.5 Å². The lowest BCUT2D eigenvalue weighted by Gasteiger charge is -2.33. The lowest BCUT2D eigenvalue weighted by atomic mass is 10.1. The fourth-order valence-corrected chi connectivity index (χ4v) is 3.88. The average molecular weight is 407 g/mol. The molecule has 2 amide bonds. The highest BCUT2D eigenvalue weighted by molar-refractivity contribution is 7.09. The number of aromatic nitrogens is 1. The number of amides is 2. The Balaban J connectivity index is 1.41. The van der Waals surface area contributed by atoms with Gasteiger partial charge >= 0.3 is 0 Å². The highest BCUT2D eigenvalue weighted by Gasteiger charge is 2.36. The summed E-state index contributed by atoms with van der Waals surface area (Å²) in [4.78, 5) is 32.3. The number of nitrogens with one attached hydrogen (secondary N) is 1. The van der Waals surface area contributed by atoms with Crippen molar-refractivity contribution < 1.29 is 14.3 Å². The number of nitrogens with zero attached hydrogens (tertiary/aromatic N) is 2. The number of hydrogen-bond donors (Lipinski definition) is 1. The Morgan fingerprint density at radius 1 is 1.14 bits per heavy atom. The third-order valence-electron chi connectivity index (χ3n) is 4.67. The van der Waals surface area contributed by atoms with Crippen LogP contribution in [0.2, 0.25) is 0 Å². The van der Waals surface area contributed by atoms with Gasteiger partial charge in [-0.15, -0.1) is 11.3 Å². The van der Waals surface area contributed by atoms with E-state index < -0.39 is 6.10 Å². The number of carbonyl (C=O) groups is 2. The number of pyridine rings is 1. The molecule has 148 valence electrons. The second-order valence-corrected chi connectivity index (χ2v) is 7.72. The molecule has 1 atom stereocenters. The summed E-state index contributed by atoms with van der Waals surface area (Å²) in [7, 11) is 0. The monoisotopic (exact) mass is 407 g/mol. The molecule has 0 bridgehead atoms. The normalized spacial score (nSPS) is 15.5. The smallest absolute Gasteiger partial charge is 0.274 e. The summed E-state index contributed by atoms with van der Waals surface area (Å²) in [5, 5.41) is 4.90. The van der Waals surface area contributed by atoms with E-state index in [0.29, 0.717) is 37.5 Å². The van der Waals surface area contributed by atoms with Gasteiger partial charge in [0.15, 0.2) is 11.6 Å². The zero-order valence-electron chi connectivity index (χ0n) is 15.8. The molecule has 4 rings (SSSR count). The Morgan fingerprint density at radius 2 is 2.00 bits per heavy atom. The van der Waals surface area contributed by atoms with E-state index in [2.05, 4.69) is 10.3 Å². The van der Waals surface area contributed by atoms with Crippen molar-refractivity contribution in [2.24, 2.45) is 0 Å². The summed E-state index contributed by atoms with van der Waals surface area (Å²) in [5.74, 6) is 0.883. The summed E-state index contributed by atoms with van der Waals surface area (Å²) in [6.45, 7) is 0.940. The van der Waals surface area contributed by atoms with Crippen LogP contribution in [0.1, 0.15) is 29.4 Å². The van der Waals surface area contributed by atoms with Crippen LogP contribution in [-0.4, -0.2) is 23.3 Å². The van der Waals surface area contributed by atoms with Crippen molar-refractivity contribution >= 4 is 29.0 Å². The molecule has 0 fully saturated rings. The molecule has 6 nitrogen and oxygen atoms in total. The highest BCUT2D eigenvalue weighted by Crippen LogP contribution is 2.37.